The molecule has 0 saturated carbocycles. The quantitative estimate of drug-likeness (QED) is 0.851. The lowest BCUT2D eigenvalue weighted by Gasteiger charge is -2.07. The van der Waals surface area contributed by atoms with Crippen molar-refractivity contribution < 1.29 is 9.47 Å². The van der Waals surface area contributed by atoms with E-state index in [0.717, 1.165) is 11.5 Å². The Morgan fingerprint density at radius 1 is 1.29 bits per heavy atom. The molecule has 0 radical (unpaired) electrons. The van der Waals surface area contributed by atoms with Crippen molar-refractivity contribution in [3.8, 4) is 11.5 Å². The third kappa shape index (κ3) is 3.14. The van der Waals surface area contributed by atoms with Crippen LogP contribution in [-0.4, -0.2) is 23.5 Å². The molecule has 5 heteroatoms. The van der Waals surface area contributed by atoms with Gasteiger partial charge in [0.25, 0.3) is 0 Å². The molecule has 0 aliphatic carbocycles. The minimum absolute atomic E-state index is 0.520. The lowest BCUT2D eigenvalue weighted by atomic mass is 10.3. The second kappa shape index (κ2) is 5.25. The van der Waals surface area contributed by atoms with E-state index in [-0.39, 0.29) is 0 Å². The summed E-state index contributed by atoms with van der Waals surface area (Å²) in [7, 11) is 1.63. The first-order valence-electron chi connectivity index (χ1n) is 5.34. The maximum absolute atomic E-state index is 5.58. The molecule has 5 nitrogen and oxygen atoms in total. The number of rotatable bonds is 5. The fraction of sp³-hybridized carbons (Fsp3) is 0.250. The highest BCUT2D eigenvalue weighted by Crippen LogP contribution is 2.18. The van der Waals surface area contributed by atoms with Crippen molar-refractivity contribution in [3.05, 3.63) is 36.5 Å². The van der Waals surface area contributed by atoms with Gasteiger partial charge in [-0.05, 0) is 18.2 Å². The molecule has 0 aliphatic rings. The van der Waals surface area contributed by atoms with Gasteiger partial charge in [0.1, 0.15) is 23.9 Å². The van der Waals surface area contributed by atoms with E-state index in [4.69, 9.17) is 15.2 Å². The molecule has 17 heavy (non-hydrogen) atoms. The average Bonchev–Trinajstić information content (AvgIpc) is 2.75. The molecule has 2 N–H and O–H groups in total. The predicted molar refractivity (Wildman–Crippen MR) is 65.1 cm³/mol. The number of nitrogens with zero attached hydrogens (tertiary/aromatic N) is 2. The molecule has 1 aromatic heterocycles. The second-order valence-electron chi connectivity index (χ2n) is 3.53. The monoisotopic (exact) mass is 233 g/mol. The third-order valence-electron chi connectivity index (χ3n) is 2.29. The maximum Gasteiger partial charge on any atom is 0.145 e. The summed E-state index contributed by atoms with van der Waals surface area (Å²) in [5, 5.41) is 4.07. The summed E-state index contributed by atoms with van der Waals surface area (Å²) in [5.41, 5.74) is 5.51. The van der Waals surface area contributed by atoms with Crippen molar-refractivity contribution in [2.75, 3.05) is 19.5 Å². The highest BCUT2D eigenvalue weighted by atomic mass is 16.5. The molecule has 1 heterocycles. The standard InChI is InChI=1S/C12H15N3O2/c1-16-10-3-2-4-11(9-10)17-8-7-15-6-5-12(13)14-15/h2-6,9H,7-8H2,1H3,(H2,13,14). The Bertz CT molecular complexity index is 482. The largest absolute Gasteiger partial charge is 0.497 e. The number of methoxy groups -OCH3 is 1. The summed E-state index contributed by atoms with van der Waals surface area (Å²) in [4.78, 5) is 0. The molecule has 0 fully saturated rings. The first-order valence-corrected chi connectivity index (χ1v) is 5.34. The van der Waals surface area contributed by atoms with Crippen LogP contribution in [-0.2, 0) is 6.54 Å². The molecule has 0 aliphatic heterocycles. The van der Waals surface area contributed by atoms with Crippen molar-refractivity contribution >= 4 is 5.82 Å². The summed E-state index contributed by atoms with van der Waals surface area (Å²) in [6, 6.07) is 9.25. The molecular formula is C12H15N3O2. The van der Waals surface area contributed by atoms with Gasteiger partial charge >= 0.3 is 0 Å². The van der Waals surface area contributed by atoms with E-state index < -0.39 is 0 Å². The van der Waals surface area contributed by atoms with Crippen LogP contribution in [0.5, 0.6) is 11.5 Å². The van der Waals surface area contributed by atoms with Crippen LogP contribution in [0.15, 0.2) is 36.5 Å². The van der Waals surface area contributed by atoms with E-state index in [1.54, 1.807) is 17.9 Å². The minimum atomic E-state index is 0.520. The second-order valence-corrected chi connectivity index (χ2v) is 3.53. The topological polar surface area (TPSA) is 62.3 Å². The summed E-state index contributed by atoms with van der Waals surface area (Å²) in [5.74, 6) is 2.08. The smallest absolute Gasteiger partial charge is 0.145 e. The fourth-order valence-electron chi connectivity index (χ4n) is 1.45. The number of hydrogen-bond donors (Lipinski definition) is 1. The first kappa shape index (κ1) is 11.3. The van der Waals surface area contributed by atoms with Crippen LogP contribution in [0, 0.1) is 0 Å². The van der Waals surface area contributed by atoms with Gasteiger partial charge in [0.15, 0.2) is 0 Å². The number of nitrogen functional groups attached to an aromatic ring is 1. The normalized spacial score (nSPS) is 10.2. The van der Waals surface area contributed by atoms with Crippen molar-refractivity contribution in [1.29, 1.82) is 0 Å². The Hall–Kier alpha value is -2.17. The van der Waals surface area contributed by atoms with Crippen molar-refractivity contribution in [2.45, 2.75) is 6.54 Å². The van der Waals surface area contributed by atoms with E-state index in [1.165, 1.54) is 0 Å². The summed E-state index contributed by atoms with van der Waals surface area (Å²) < 4.78 is 12.4. The van der Waals surface area contributed by atoms with Gasteiger partial charge in [0.05, 0.1) is 13.7 Å². The van der Waals surface area contributed by atoms with E-state index in [1.807, 2.05) is 30.5 Å². The molecule has 2 aromatic rings. The van der Waals surface area contributed by atoms with Crippen LogP contribution < -0.4 is 15.2 Å². The Kier molecular flexibility index (Phi) is 3.49. The van der Waals surface area contributed by atoms with E-state index >= 15 is 0 Å². The molecule has 0 saturated heterocycles. The lowest BCUT2D eigenvalue weighted by molar-refractivity contribution is 0.289. The maximum atomic E-state index is 5.58. The van der Waals surface area contributed by atoms with Crippen LogP contribution in [0.4, 0.5) is 5.82 Å². The molecule has 90 valence electrons. The number of anilines is 1. The first-order chi connectivity index (χ1) is 8.28. The van der Waals surface area contributed by atoms with Crippen molar-refractivity contribution in [3.63, 3.8) is 0 Å². The zero-order valence-corrected chi connectivity index (χ0v) is 9.67. The van der Waals surface area contributed by atoms with Crippen LogP contribution in [0.1, 0.15) is 0 Å². The highest BCUT2D eigenvalue weighted by Gasteiger charge is 1.98. The van der Waals surface area contributed by atoms with Gasteiger partial charge in [-0.2, -0.15) is 5.10 Å². The Balaban J connectivity index is 1.85. The molecule has 1 aromatic carbocycles. The molecular weight excluding hydrogens is 218 g/mol. The Morgan fingerprint density at radius 2 is 2.12 bits per heavy atom. The third-order valence-corrected chi connectivity index (χ3v) is 2.29. The average molecular weight is 233 g/mol. The zero-order valence-electron chi connectivity index (χ0n) is 9.67. The van der Waals surface area contributed by atoms with Crippen molar-refractivity contribution in [2.24, 2.45) is 0 Å². The van der Waals surface area contributed by atoms with E-state index in [2.05, 4.69) is 5.10 Å². The summed E-state index contributed by atoms with van der Waals surface area (Å²) >= 11 is 0. The lowest BCUT2D eigenvalue weighted by Crippen LogP contribution is -2.08. The molecule has 0 amide bonds. The summed E-state index contributed by atoms with van der Waals surface area (Å²) in [6.45, 7) is 1.20. The molecule has 2 rings (SSSR count). The van der Waals surface area contributed by atoms with Gasteiger partial charge in [-0.1, -0.05) is 6.07 Å². The number of aromatic nitrogens is 2. The minimum Gasteiger partial charge on any atom is -0.497 e. The fourth-order valence-corrected chi connectivity index (χ4v) is 1.45. The number of benzene rings is 1. The van der Waals surface area contributed by atoms with Gasteiger partial charge in [-0.3, -0.25) is 4.68 Å². The number of nitrogens with two attached hydrogens (primary N) is 1. The van der Waals surface area contributed by atoms with E-state index in [0.29, 0.717) is 19.0 Å². The van der Waals surface area contributed by atoms with Gasteiger partial charge in [0, 0.05) is 12.3 Å². The Labute approximate surface area is 99.8 Å². The van der Waals surface area contributed by atoms with Gasteiger partial charge < -0.3 is 15.2 Å². The summed E-state index contributed by atoms with van der Waals surface area (Å²) in [6.07, 6.45) is 1.82. The number of ether oxygens (including phenoxy) is 2. The van der Waals surface area contributed by atoms with Crippen LogP contribution in [0.25, 0.3) is 0 Å². The molecule has 0 atom stereocenters. The van der Waals surface area contributed by atoms with Crippen LogP contribution in [0.2, 0.25) is 0 Å². The van der Waals surface area contributed by atoms with Gasteiger partial charge in [-0.25, -0.2) is 0 Å². The van der Waals surface area contributed by atoms with Crippen LogP contribution in [0.3, 0.4) is 0 Å². The highest BCUT2D eigenvalue weighted by molar-refractivity contribution is 5.32. The molecule has 0 spiro atoms. The zero-order chi connectivity index (χ0) is 12.1. The van der Waals surface area contributed by atoms with Gasteiger partial charge in [-0.15, -0.1) is 0 Å². The SMILES string of the molecule is COc1cccc(OCCn2ccc(N)n2)c1. The van der Waals surface area contributed by atoms with Gasteiger partial charge in [0.2, 0.25) is 0 Å². The number of hydrogen-bond acceptors (Lipinski definition) is 4. The Morgan fingerprint density at radius 3 is 2.82 bits per heavy atom. The predicted octanol–water partition coefficient (Wildman–Crippen LogP) is 1.55. The van der Waals surface area contributed by atoms with Crippen LogP contribution >= 0.6 is 0 Å². The van der Waals surface area contributed by atoms with E-state index in [9.17, 15) is 0 Å². The molecule has 0 bridgehead atoms. The molecule has 0 unspecified atom stereocenters. The van der Waals surface area contributed by atoms with Crippen molar-refractivity contribution in [1.82, 2.24) is 9.78 Å².